The average molecular weight is 272 g/mol. The van der Waals surface area contributed by atoms with Gasteiger partial charge in [-0.15, -0.1) is 6.58 Å². The Balaban J connectivity index is 2.48. The van der Waals surface area contributed by atoms with Crippen LogP contribution < -0.4 is 5.32 Å². The van der Waals surface area contributed by atoms with Crippen LogP contribution in [-0.2, 0) is 5.54 Å². The monoisotopic (exact) mass is 271 g/mol. The van der Waals surface area contributed by atoms with Gasteiger partial charge < -0.3 is 5.32 Å². The molecule has 2 aromatic carbocycles. The third kappa shape index (κ3) is 2.89. The average Bonchev–Trinajstić information content (AvgIpc) is 2.46. The Labute approximate surface area is 119 Å². The normalized spacial score (nSPS) is 13.8. The van der Waals surface area contributed by atoms with Crippen LogP contribution in [-0.4, -0.2) is 7.05 Å². The van der Waals surface area contributed by atoms with Crippen molar-refractivity contribution in [2.45, 2.75) is 12.5 Å². The molecule has 0 radical (unpaired) electrons. The van der Waals surface area contributed by atoms with Gasteiger partial charge in [0.25, 0.3) is 0 Å². The maximum Gasteiger partial charge on any atom is 0.0586 e. The quantitative estimate of drug-likeness (QED) is 0.800. The van der Waals surface area contributed by atoms with E-state index in [1.165, 1.54) is 5.56 Å². The highest BCUT2D eigenvalue weighted by atomic mass is 35.5. The first-order chi connectivity index (χ1) is 9.09. The Morgan fingerprint density at radius 2 is 1.74 bits per heavy atom. The molecule has 0 bridgehead atoms. The van der Waals surface area contributed by atoms with Crippen molar-refractivity contribution in [3.63, 3.8) is 0 Å². The molecule has 1 unspecified atom stereocenters. The number of rotatable bonds is 4. The van der Waals surface area contributed by atoms with Crippen molar-refractivity contribution in [2.75, 3.05) is 7.05 Å². The first kappa shape index (κ1) is 13.9. The van der Waals surface area contributed by atoms with Gasteiger partial charge in [0.1, 0.15) is 0 Å². The van der Waals surface area contributed by atoms with Gasteiger partial charge in [-0.2, -0.15) is 0 Å². The maximum atomic E-state index is 6.05. The molecule has 0 aliphatic heterocycles. The van der Waals surface area contributed by atoms with Gasteiger partial charge >= 0.3 is 0 Å². The minimum atomic E-state index is -0.228. The molecular formula is C17H18ClN. The number of benzene rings is 2. The van der Waals surface area contributed by atoms with Crippen molar-refractivity contribution < 1.29 is 0 Å². The summed E-state index contributed by atoms with van der Waals surface area (Å²) in [4.78, 5) is 0. The first-order valence-corrected chi connectivity index (χ1v) is 6.66. The second-order valence-corrected chi connectivity index (χ2v) is 5.18. The SMILES string of the molecule is C=CC(C)(NC)c1cccc(-c2cccc(Cl)c2)c1. The van der Waals surface area contributed by atoms with Gasteiger partial charge in [-0.25, -0.2) is 0 Å². The van der Waals surface area contributed by atoms with E-state index in [-0.39, 0.29) is 5.54 Å². The third-order valence-electron chi connectivity index (χ3n) is 3.55. The van der Waals surface area contributed by atoms with Crippen molar-refractivity contribution in [2.24, 2.45) is 0 Å². The second-order valence-electron chi connectivity index (χ2n) is 4.75. The van der Waals surface area contributed by atoms with Crippen LogP contribution in [0.15, 0.2) is 61.2 Å². The minimum Gasteiger partial charge on any atom is -0.308 e. The lowest BCUT2D eigenvalue weighted by Gasteiger charge is -2.26. The van der Waals surface area contributed by atoms with E-state index in [2.05, 4.69) is 49.2 Å². The summed E-state index contributed by atoms with van der Waals surface area (Å²) in [6, 6.07) is 16.3. The summed E-state index contributed by atoms with van der Waals surface area (Å²) in [5, 5.41) is 4.04. The Bertz CT molecular complexity index is 591. The summed E-state index contributed by atoms with van der Waals surface area (Å²) >= 11 is 6.05. The Kier molecular flexibility index (Phi) is 4.08. The summed E-state index contributed by atoms with van der Waals surface area (Å²) < 4.78 is 0. The molecule has 1 atom stereocenters. The lowest BCUT2D eigenvalue weighted by atomic mass is 9.90. The molecule has 2 rings (SSSR count). The smallest absolute Gasteiger partial charge is 0.0586 e. The molecule has 2 aromatic rings. The molecule has 0 fully saturated rings. The highest BCUT2D eigenvalue weighted by Gasteiger charge is 2.20. The standard InChI is InChI=1S/C17H18ClN/c1-4-17(2,19-3)15-9-5-7-13(11-15)14-8-6-10-16(18)12-14/h4-12,19H,1H2,2-3H3. The molecular weight excluding hydrogens is 254 g/mol. The van der Waals surface area contributed by atoms with E-state index in [0.29, 0.717) is 0 Å². The molecule has 2 heteroatoms. The van der Waals surface area contributed by atoms with E-state index in [1.54, 1.807) is 0 Å². The Hall–Kier alpha value is -1.57. The summed E-state index contributed by atoms with van der Waals surface area (Å²) in [5.74, 6) is 0. The zero-order chi connectivity index (χ0) is 13.9. The van der Waals surface area contributed by atoms with Gasteiger partial charge in [-0.3, -0.25) is 0 Å². The number of hydrogen-bond donors (Lipinski definition) is 1. The van der Waals surface area contributed by atoms with Crippen LogP contribution in [0.1, 0.15) is 12.5 Å². The molecule has 1 nitrogen and oxygen atoms in total. The van der Waals surface area contributed by atoms with Crippen molar-refractivity contribution >= 4 is 11.6 Å². The van der Waals surface area contributed by atoms with E-state index >= 15 is 0 Å². The predicted octanol–water partition coefficient (Wildman–Crippen LogP) is 4.63. The molecule has 0 heterocycles. The molecule has 0 aliphatic rings. The fourth-order valence-electron chi connectivity index (χ4n) is 2.05. The van der Waals surface area contributed by atoms with E-state index in [4.69, 9.17) is 11.6 Å². The van der Waals surface area contributed by atoms with Crippen molar-refractivity contribution in [3.8, 4) is 11.1 Å². The van der Waals surface area contributed by atoms with E-state index in [0.717, 1.165) is 16.1 Å². The van der Waals surface area contributed by atoms with Crippen LogP contribution in [0.25, 0.3) is 11.1 Å². The molecule has 1 N–H and O–H groups in total. The van der Waals surface area contributed by atoms with Gasteiger partial charge in [-0.1, -0.05) is 48.0 Å². The van der Waals surface area contributed by atoms with Gasteiger partial charge in [0.05, 0.1) is 5.54 Å². The topological polar surface area (TPSA) is 12.0 Å². The molecule has 0 aromatic heterocycles. The van der Waals surface area contributed by atoms with Gasteiger partial charge in [0, 0.05) is 5.02 Å². The lowest BCUT2D eigenvalue weighted by molar-refractivity contribution is 0.506. The summed E-state index contributed by atoms with van der Waals surface area (Å²) in [7, 11) is 1.94. The zero-order valence-corrected chi connectivity index (χ0v) is 12.0. The van der Waals surface area contributed by atoms with E-state index in [1.807, 2.05) is 31.3 Å². The van der Waals surface area contributed by atoms with Crippen molar-refractivity contribution in [1.82, 2.24) is 5.32 Å². The Morgan fingerprint density at radius 3 is 2.32 bits per heavy atom. The van der Waals surface area contributed by atoms with Gasteiger partial charge in [-0.05, 0) is 48.9 Å². The first-order valence-electron chi connectivity index (χ1n) is 6.28. The Morgan fingerprint density at radius 1 is 1.11 bits per heavy atom. The molecule has 98 valence electrons. The van der Waals surface area contributed by atoms with Crippen molar-refractivity contribution in [3.05, 3.63) is 71.8 Å². The predicted molar refractivity (Wildman–Crippen MR) is 83.5 cm³/mol. The van der Waals surface area contributed by atoms with Crippen LogP contribution in [0.3, 0.4) is 0 Å². The van der Waals surface area contributed by atoms with E-state index in [9.17, 15) is 0 Å². The molecule has 19 heavy (non-hydrogen) atoms. The highest BCUT2D eigenvalue weighted by molar-refractivity contribution is 6.30. The van der Waals surface area contributed by atoms with Crippen LogP contribution in [0, 0.1) is 0 Å². The molecule has 0 saturated carbocycles. The molecule has 0 aliphatic carbocycles. The summed E-state index contributed by atoms with van der Waals surface area (Å²) in [6.07, 6.45) is 1.92. The lowest BCUT2D eigenvalue weighted by Crippen LogP contribution is -2.34. The number of likely N-dealkylation sites (N-methyl/N-ethyl adjacent to an activating group) is 1. The largest absolute Gasteiger partial charge is 0.308 e. The highest BCUT2D eigenvalue weighted by Crippen LogP contribution is 2.28. The van der Waals surface area contributed by atoms with Crippen LogP contribution in [0.4, 0.5) is 0 Å². The molecule has 0 saturated heterocycles. The van der Waals surface area contributed by atoms with Gasteiger partial charge in [0.2, 0.25) is 0 Å². The fourth-order valence-corrected chi connectivity index (χ4v) is 2.24. The summed E-state index contributed by atoms with van der Waals surface area (Å²) in [5.41, 5.74) is 3.23. The number of nitrogens with one attached hydrogen (secondary N) is 1. The van der Waals surface area contributed by atoms with Gasteiger partial charge in [0.15, 0.2) is 0 Å². The van der Waals surface area contributed by atoms with Crippen molar-refractivity contribution in [1.29, 1.82) is 0 Å². The molecule has 0 spiro atoms. The summed E-state index contributed by atoms with van der Waals surface area (Å²) in [6.45, 7) is 6.02. The minimum absolute atomic E-state index is 0.228. The van der Waals surface area contributed by atoms with E-state index < -0.39 is 0 Å². The second kappa shape index (κ2) is 5.60. The van der Waals surface area contributed by atoms with Crippen LogP contribution in [0.5, 0.6) is 0 Å². The van der Waals surface area contributed by atoms with Crippen LogP contribution in [0.2, 0.25) is 5.02 Å². The maximum absolute atomic E-state index is 6.05. The van der Waals surface area contributed by atoms with Crippen LogP contribution >= 0.6 is 11.6 Å². The number of hydrogen-bond acceptors (Lipinski definition) is 1. The fraction of sp³-hybridized carbons (Fsp3) is 0.176. The third-order valence-corrected chi connectivity index (χ3v) is 3.78. The zero-order valence-electron chi connectivity index (χ0n) is 11.3. The molecule has 0 amide bonds. The number of halogens is 1.